The Kier molecular flexibility index (Phi) is 7.32. The standard InChI is InChI=1S/C22H23ClFN7O2.ClH/c1-13-21(28-29-31(13)16-4-6-25-7-5-16)14-8-20(22-17(23)10-27-30(22)11-14)33-12-19(32)18-3-2-15(24)9-26-18;/h2-3,8-11,16,19,25,32H,4-7,12H2,1H3;1H. The number of aliphatic hydroxyl groups excluding tert-OH is 1. The zero-order valence-electron chi connectivity index (χ0n) is 18.4. The lowest BCUT2D eigenvalue weighted by molar-refractivity contribution is 0.105. The van der Waals surface area contributed by atoms with Crippen molar-refractivity contribution in [3.8, 4) is 17.0 Å². The van der Waals surface area contributed by atoms with E-state index in [0.29, 0.717) is 28.0 Å². The van der Waals surface area contributed by atoms with Crippen LogP contribution in [0.5, 0.6) is 5.75 Å². The van der Waals surface area contributed by atoms with Crippen LogP contribution in [-0.4, -0.2) is 54.4 Å². The smallest absolute Gasteiger partial charge is 0.147 e. The quantitative estimate of drug-likeness (QED) is 0.411. The molecule has 9 nitrogen and oxygen atoms in total. The van der Waals surface area contributed by atoms with Gasteiger partial charge in [-0.2, -0.15) is 5.10 Å². The number of nitrogens with zero attached hydrogens (tertiary/aromatic N) is 6. The summed E-state index contributed by atoms with van der Waals surface area (Å²) in [5.74, 6) is -0.0350. The second kappa shape index (κ2) is 10.2. The van der Waals surface area contributed by atoms with Crippen molar-refractivity contribution in [1.29, 1.82) is 0 Å². The molecule has 5 heterocycles. The highest BCUT2D eigenvalue weighted by Crippen LogP contribution is 2.34. The predicted octanol–water partition coefficient (Wildman–Crippen LogP) is 3.55. The van der Waals surface area contributed by atoms with Gasteiger partial charge >= 0.3 is 0 Å². The maximum Gasteiger partial charge on any atom is 0.147 e. The Labute approximate surface area is 206 Å². The van der Waals surface area contributed by atoms with E-state index in [-0.39, 0.29) is 19.0 Å². The molecule has 1 aliphatic rings. The first-order valence-corrected chi connectivity index (χ1v) is 11.1. The number of piperidine rings is 1. The SMILES string of the molecule is Cc1c(-c2cc(OCC(O)c3ccc(F)cn3)c3c(Cl)cnn3c2)nnn1C1CCNCC1.Cl. The second-order valence-corrected chi connectivity index (χ2v) is 8.46. The second-order valence-electron chi connectivity index (χ2n) is 8.06. The van der Waals surface area contributed by atoms with Crippen molar-refractivity contribution in [2.75, 3.05) is 19.7 Å². The van der Waals surface area contributed by atoms with Crippen molar-refractivity contribution in [2.45, 2.75) is 31.9 Å². The van der Waals surface area contributed by atoms with Gasteiger partial charge in [0.1, 0.15) is 35.5 Å². The van der Waals surface area contributed by atoms with Crippen LogP contribution >= 0.6 is 24.0 Å². The van der Waals surface area contributed by atoms with Gasteiger partial charge in [-0.25, -0.2) is 13.6 Å². The number of hydrogen-bond donors (Lipinski definition) is 2. The Bertz CT molecular complexity index is 1270. The number of aliphatic hydroxyl groups is 1. The van der Waals surface area contributed by atoms with E-state index in [4.69, 9.17) is 16.3 Å². The average Bonchev–Trinajstić information content (AvgIpc) is 3.41. The van der Waals surface area contributed by atoms with Gasteiger partial charge in [-0.3, -0.25) is 4.98 Å². The monoisotopic (exact) mass is 507 g/mol. The van der Waals surface area contributed by atoms with Gasteiger partial charge in [-0.15, -0.1) is 17.5 Å². The molecular weight excluding hydrogens is 484 g/mol. The summed E-state index contributed by atoms with van der Waals surface area (Å²) in [6.07, 6.45) is 5.38. The first-order valence-electron chi connectivity index (χ1n) is 10.7. The Balaban J connectivity index is 0.00000274. The van der Waals surface area contributed by atoms with Crippen molar-refractivity contribution in [3.05, 3.63) is 59.0 Å². The van der Waals surface area contributed by atoms with Crippen LogP contribution in [-0.2, 0) is 0 Å². The van der Waals surface area contributed by atoms with Gasteiger partial charge < -0.3 is 15.2 Å². The molecule has 2 N–H and O–H groups in total. The molecule has 1 saturated heterocycles. The molecule has 0 radical (unpaired) electrons. The van der Waals surface area contributed by atoms with Gasteiger partial charge in [0.05, 0.1) is 34.8 Å². The van der Waals surface area contributed by atoms with Crippen molar-refractivity contribution in [3.63, 3.8) is 0 Å². The Hall–Kier alpha value is -2.79. The van der Waals surface area contributed by atoms with Gasteiger partial charge in [0.15, 0.2) is 0 Å². The van der Waals surface area contributed by atoms with Gasteiger partial charge in [0.25, 0.3) is 0 Å². The molecule has 0 aromatic carbocycles. The van der Waals surface area contributed by atoms with E-state index in [0.717, 1.165) is 49.1 Å². The topological polar surface area (TPSA) is 102 Å². The number of ether oxygens (including phenoxy) is 1. The lowest BCUT2D eigenvalue weighted by atomic mass is 10.1. The summed E-state index contributed by atoms with van der Waals surface area (Å²) in [6.45, 7) is 3.82. The number of rotatable bonds is 6. The fourth-order valence-electron chi connectivity index (χ4n) is 4.13. The molecule has 1 unspecified atom stereocenters. The number of halogens is 3. The minimum atomic E-state index is -1.04. The van der Waals surface area contributed by atoms with E-state index >= 15 is 0 Å². The summed E-state index contributed by atoms with van der Waals surface area (Å²) < 4.78 is 22.7. The van der Waals surface area contributed by atoms with Crippen LogP contribution in [0.1, 0.15) is 36.4 Å². The molecular formula is C22H24Cl2FN7O2. The van der Waals surface area contributed by atoms with E-state index in [1.54, 1.807) is 4.52 Å². The molecule has 0 bridgehead atoms. The third-order valence-corrected chi connectivity index (χ3v) is 6.15. The Morgan fingerprint density at radius 3 is 2.82 bits per heavy atom. The Morgan fingerprint density at radius 2 is 2.09 bits per heavy atom. The summed E-state index contributed by atoms with van der Waals surface area (Å²) in [7, 11) is 0. The molecule has 1 atom stereocenters. The van der Waals surface area contributed by atoms with Crippen LogP contribution in [0, 0.1) is 12.7 Å². The van der Waals surface area contributed by atoms with Crippen LogP contribution in [0.4, 0.5) is 4.39 Å². The molecule has 0 amide bonds. The minimum Gasteiger partial charge on any atom is -0.488 e. The zero-order chi connectivity index (χ0) is 22.9. The fourth-order valence-corrected chi connectivity index (χ4v) is 4.36. The highest BCUT2D eigenvalue weighted by molar-refractivity contribution is 6.34. The molecule has 180 valence electrons. The summed E-state index contributed by atoms with van der Waals surface area (Å²) in [6, 6.07) is 4.79. The summed E-state index contributed by atoms with van der Waals surface area (Å²) in [4.78, 5) is 3.91. The summed E-state index contributed by atoms with van der Waals surface area (Å²) in [5, 5.41) is 27.4. The van der Waals surface area contributed by atoms with Crippen molar-refractivity contribution in [2.24, 2.45) is 0 Å². The third kappa shape index (κ3) is 4.72. The van der Waals surface area contributed by atoms with Gasteiger partial charge in [-0.1, -0.05) is 16.8 Å². The first-order chi connectivity index (χ1) is 16.0. The van der Waals surface area contributed by atoms with Crippen molar-refractivity contribution >= 4 is 29.5 Å². The van der Waals surface area contributed by atoms with Crippen LogP contribution in [0.2, 0.25) is 5.02 Å². The molecule has 1 fully saturated rings. The maximum absolute atomic E-state index is 13.1. The van der Waals surface area contributed by atoms with Gasteiger partial charge in [0, 0.05) is 11.8 Å². The molecule has 0 aliphatic carbocycles. The van der Waals surface area contributed by atoms with E-state index in [9.17, 15) is 9.50 Å². The van der Waals surface area contributed by atoms with Gasteiger partial charge in [-0.05, 0) is 51.1 Å². The first kappa shape index (κ1) is 24.3. The van der Waals surface area contributed by atoms with Crippen LogP contribution in [0.15, 0.2) is 36.8 Å². The lowest BCUT2D eigenvalue weighted by Gasteiger charge is -2.23. The maximum atomic E-state index is 13.1. The van der Waals surface area contributed by atoms with Crippen LogP contribution in [0.3, 0.4) is 0 Å². The van der Waals surface area contributed by atoms with E-state index < -0.39 is 11.9 Å². The van der Waals surface area contributed by atoms with Crippen LogP contribution < -0.4 is 10.1 Å². The largest absolute Gasteiger partial charge is 0.488 e. The lowest BCUT2D eigenvalue weighted by Crippen LogP contribution is -2.30. The van der Waals surface area contributed by atoms with Crippen molar-refractivity contribution < 1.29 is 14.2 Å². The number of nitrogens with one attached hydrogen (secondary N) is 1. The zero-order valence-corrected chi connectivity index (χ0v) is 19.9. The molecule has 4 aromatic rings. The molecule has 1 aliphatic heterocycles. The van der Waals surface area contributed by atoms with Gasteiger partial charge in [0.2, 0.25) is 0 Å². The highest BCUT2D eigenvalue weighted by atomic mass is 35.5. The molecule has 12 heteroatoms. The van der Waals surface area contributed by atoms with Crippen molar-refractivity contribution in [1.82, 2.24) is 34.9 Å². The summed E-state index contributed by atoms with van der Waals surface area (Å²) in [5.41, 5.74) is 3.34. The average molecular weight is 508 g/mol. The van der Waals surface area contributed by atoms with E-state index in [2.05, 4.69) is 25.7 Å². The predicted molar refractivity (Wildman–Crippen MR) is 127 cm³/mol. The number of pyridine rings is 2. The molecule has 4 aromatic heterocycles. The summed E-state index contributed by atoms with van der Waals surface area (Å²) >= 11 is 6.34. The molecule has 5 rings (SSSR count). The number of fused-ring (bicyclic) bond motifs is 1. The Morgan fingerprint density at radius 1 is 1.29 bits per heavy atom. The number of aromatic nitrogens is 6. The minimum absolute atomic E-state index is 0. The van der Waals surface area contributed by atoms with E-state index in [1.807, 2.05) is 23.9 Å². The third-order valence-electron chi connectivity index (χ3n) is 5.88. The molecule has 0 saturated carbocycles. The normalized spacial score (nSPS) is 15.3. The van der Waals surface area contributed by atoms with E-state index in [1.165, 1.54) is 18.3 Å². The molecule has 0 spiro atoms. The van der Waals surface area contributed by atoms with Crippen LogP contribution in [0.25, 0.3) is 16.8 Å². The molecule has 34 heavy (non-hydrogen) atoms. The highest BCUT2D eigenvalue weighted by Gasteiger charge is 2.22. The number of hydrogen-bond acceptors (Lipinski definition) is 7. The fraction of sp³-hybridized carbons (Fsp3) is 0.364.